The number of carboxylic acid groups (broad SMARTS) is 1. The Bertz CT molecular complexity index is 1130. The fourth-order valence-corrected chi connectivity index (χ4v) is 4.71. The molecule has 176 valence electrons. The Kier molecular flexibility index (Phi) is 7.32. The predicted molar refractivity (Wildman–Crippen MR) is 125 cm³/mol. The summed E-state index contributed by atoms with van der Waals surface area (Å²) in [5, 5.41) is 42.9. The molecule has 1 saturated carbocycles. The van der Waals surface area contributed by atoms with Crippen molar-refractivity contribution in [2.75, 3.05) is 17.6 Å². The first-order valence-electron chi connectivity index (χ1n) is 10.7. The van der Waals surface area contributed by atoms with Gasteiger partial charge >= 0.3 is 5.97 Å². The van der Waals surface area contributed by atoms with E-state index in [9.17, 15) is 20.1 Å². The van der Waals surface area contributed by atoms with Crippen LogP contribution in [0.25, 0.3) is 11.2 Å². The molecule has 1 aliphatic carbocycles. The molecule has 3 aromatic rings. The summed E-state index contributed by atoms with van der Waals surface area (Å²) in [6.07, 6.45) is -0.978. The summed E-state index contributed by atoms with van der Waals surface area (Å²) in [6.45, 7) is 2.65. The van der Waals surface area contributed by atoms with E-state index in [1.54, 1.807) is 0 Å². The standard InChI is InChI=1S/C21H25ClN6O4S/c1-2-9-33-21-24-18(23-8-7-11-3-5-12(22)6-4-11)15-19(25-21)28(27-26-15)14-10-13(20(31)32)16(29)17(14)30/h3-6,13-14,16-17,29-30H,2,7-10H2,1H3,(H,31,32)(H,23,24,25)/t13-,14?,16?,17?/m0/s1. The second-order valence-corrected chi connectivity index (χ2v) is 9.44. The van der Waals surface area contributed by atoms with E-state index in [4.69, 9.17) is 11.6 Å². The van der Waals surface area contributed by atoms with E-state index in [0.717, 1.165) is 24.2 Å². The Hall–Kier alpha value is -2.47. The minimum absolute atomic E-state index is 0.0247. The summed E-state index contributed by atoms with van der Waals surface area (Å²) in [5.74, 6) is -0.908. The van der Waals surface area contributed by atoms with Crippen molar-refractivity contribution in [1.82, 2.24) is 25.0 Å². The first-order valence-corrected chi connectivity index (χ1v) is 12.1. The maximum absolute atomic E-state index is 11.5. The highest BCUT2D eigenvalue weighted by Gasteiger charge is 2.47. The number of aliphatic hydroxyl groups excluding tert-OH is 2. The molecule has 1 fully saturated rings. The molecule has 2 aromatic heterocycles. The van der Waals surface area contributed by atoms with Gasteiger partial charge in [0.15, 0.2) is 22.1 Å². The third kappa shape index (κ3) is 5.06. The van der Waals surface area contributed by atoms with E-state index < -0.39 is 30.1 Å². The van der Waals surface area contributed by atoms with E-state index in [0.29, 0.717) is 33.7 Å². The Balaban J connectivity index is 1.62. The number of aliphatic carboxylic acids is 1. The Labute approximate surface area is 199 Å². The van der Waals surface area contributed by atoms with Crippen molar-refractivity contribution in [3.63, 3.8) is 0 Å². The molecule has 2 heterocycles. The molecule has 1 aliphatic rings. The highest BCUT2D eigenvalue weighted by molar-refractivity contribution is 7.99. The quantitative estimate of drug-likeness (QED) is 0.259. The number of halogens is 1. The Morgan fingerprint density at radius 3 is 2.67 bits per heavy atom. The van der Waals surface area contributed by atoms with Gasteiger partial charge < -0.3 is 20.6 Å². The molecule has 0 radical (unpaired) electrons. The highest BCUT2D eigenvalue weighted by Crippen LogP contribution is 2.37. The minimum atomic E-state index is -1.39. The molecule has 3 unspecified atom stereocenters. The lowest BCUT2D eigenvalue weighted by Crippen LogP contribution is -2.32. The van der Waals surface area contributed by atoms with Crippen molar-refractivity contribution < 1.29 is 20.1 Å². The number of aliphatic hydroxyl groups is 2. The first kappa shape index (κ1) is 23.7. The van der Waals surface area contributed by atoms with Gasteiger partial charge in [-0.2, -0.15) is 0 Å². The molecular formula is C21H25ClN6O4S. The van der Waals surface area contributed by atoms with Crippen LogP contribution in [0.5, 0.6) is 0 Å². The van der Waals surface area contributed by atoms with Crippen LogP contribution in [0, 0.1) is 5.92 Å². The zero-order valence-electron chi connectivity index (χ0n) is 17.9. The smallest absolute Gasteiger partial charge is 0.309 e. The summed E-state index contributed by atoms with van der Waals surface area (Å²) >= 11 is 7.44. The monoisotopic (exact) mass is 492 g/mol. The fourth-order valence-electron chi connectivity index (χ4n) is 3.89. The molecular weight excluding hydrogens is 468 g/mol. The summed E-state index contributed by atoms with van der Waals surface area (Å²) < 4.78 is 1.41. The lowest BCUT2D eigenvalue weighted by molar-refractivity contribution is -0.145. The van der Waals surface area contributed by atoms with Crippen molar-refractivity contribution in [3.8, 4) is 0 Å². The van der Waals surface area contributed by atoms with Gasteiger partial charge in [-0.3, -0.25) is 4.79 Å². The van der Waals surface area contributed by atoms with Gasteiger partial charge in [0.25, 0.3) is 0 Å². The van der Waals surface area contributed by atoms with Crippen LogP contribution in [0.3, 0.4) is 0 Å². The fraction of sp³-hybridized carbons (Fsp3) is 0.476. The zero-order chi connectivity index (χ0) is 23.5. The lowest BCUT2D eigenvalue weighted by Gasteiger charge is -2.16. The van der Waals surface area contributed by atoms with Crippen molar-refractivity contribution >= 4 is 46.3 Å². The maximum Gasteiger partial charge on any atom is 0.309 e. The van der Waals surface area contributed by atoms with E-state index in [1.807, 2.05) is 24.3 Å². The van der Waals surface area contributed by atoms with Crippen molar-refractivity contribution in [1.29, 1.82) is 0 Å². The number of anilines is 1. The SMILES string of the molecule is CCCSc1nc(NCCc2ccc(Cl)cc2)c2nnn(C3C[C@H](C(=O)O)C(O)C3O)c2n1. The van der Waals surface area contributed by atoms with E-state index >= 15 is 0 Å². The molecule has 12 heteroatoms. The Morgan fingerprint density at radius 2 is 2.00 bits per heavy atom. The highest BCUT2D eigenvalue weighted by atomic mass is 35.5. The Morgan fingerprint density at radius 1 is 1.24 bits per heavy atom. The van der Waals surface area contributed by atoms with Crippen LogP contribution in [0.2, 0.25) is 5.02 Å². The summed E-state index contributed by atoms with van der Waals surface area (Å²) in [6, 6.07) is 6.85. The normalized spacial score (nSPS) is 22.7. The second kappa shape index (κ2) is 10.2. The van der Waals surface area contributed by atoms with E-state index in [1.165, 1.54) is 16.4 Å². The molecule has 10 nitrogen and oxygen atoms in total. The maximum atomic E-state index is 11.5. The van der Waals surface area contributed by atoms with Gasteiger partial charge in [-0.15, -0.1) is 5.10 Å². The van der Waals surface area contributed by atoms with Gasteiger partial charge in [-0.25, -0.2) is 14.6 Å². The average Bonchev–Trinajstić information content (AvgIpc) is 3.34. The number of hydrogen-bond acceptors (Lipinski definition) is 9. The minimum Gasteiger partial charge on any atom is -0.481 e. The van der Waals surface area contributed by atoms with Crippen LogP contribution in [0.15, 0.2) is 29.4 Å². The molecule has 33 heavy (non-hydrogen) atoms. The molecule has 4 rings (SSSR count). The third-order valence-corrected chi connectivity index (χ3v) is 6.95. The molecule has 4 N–H and O–H groups in total. The van der Waals surface area contributed by atoms with Crippen LogP contribution in [0.4, 0.5) is 5.82 Å². The predicted octanol–water partition coefficient (Wildman–Crippen LogP) is 2.40. The molecule has 0 amide bonds. The lowest BCUT2D eigenvalue weighted by atomic mass is 10.1. The van der Waals surface area contributed by atoms with Crippen LogP contribution < -0.4 is 5.32 Å². The van der Waals surface area contributed by atoms with Crippen LogP contribution in [-0.4, -0.2) is 70.8 Å². The van der Waals surface area contributed by atoms with Crippen LogP contribution >= 0.6 is 23.4 Å². The van der Waals surface area contributed by atoms with E-state index in [-0.39, 0.29) is 6.42 Å². The first-order chi connectivity index (χ1) is 15.9. The average molecular weight is 493 g/mol. The molecule has 4 atom stereocenters. The van der Waals surface area contributed by atoms with Gasteiger partial charge in [0, 0.05) is 17.3 Å². The number of carbonyl (C=O) groups is 1. The summed E-state index contributed by atoms with van der Waals surface area (Å²) in [7, 11) is 0. The van der Waals surface area contributed by atoms with Crippen molar-refractivity contribution in [2.24, 2.45) is 5.92 Å². The van der Waals surface area contributed by atoms with Crippen LogP contribution in [0.1, 0.15) is 31.4 Å². The van der Waals surface area contributed by atoms with Gasteiger partial charge in [0.05, 0.1) is 18.1 Å². The molecule has 0 bridgehead atoms. The number of nitrogens with one attached hydrogen (secondary N) is 1. The number of nitrogens with zero attached hydrogens (tertiary/aromatic N) is 5. The van der Waals surface area contributed by atoms with Crippen molar-refractivity contribution in [3.05, 3.63) is 34.9 Å². The summed E-state index contributed by atoms with van der Waals surface area (Å²) in [5.41, 5.74) is 1.93. The number of carboxylic acids is 1. The number of fused-ring (bicyclic) bond motifs is 1. The number of aromatic nitrogens is 5. The molecule has 0 spiro atoms. The van der Waals surface area contributed by atoms with Gasteiger partial charge in [0.1, 0.15) is 6.10 Å². The molecule has 0 saturated heterocycles. The van der Waals surface area contributed by atoms with Crippen LogP contribution in [-0.2, 0) is 11.2 Å². The van der Waals surface area contributed by atoms with Gasteiger partial charge in [0.2, 0.25) is 0 Å². The molecule has 0 aliphatic heterocycles. The summed E-state index contributed by atoms with van der Waals surface area (Å²) in [4.78, 5) is 20.6. The van der Waals surface area contributed by atoms with Gasteiger partial charge in [-0.1, -0.05) is 47.6 Å². The number of hydrogen-bond donors (Lipinski definition) is 4. The van der Waals surface area contributed by atoms with E-state index in [2.05, 4.69) is 32.5 Å². The molecule has 1 aromatic carbocycles. The largest absolute Gasteiger partial charge is 0.481 e. The third-order valence-electron chi connectivity index (χ3n) is 5.64. The zero-order valence-corrected chi connectivity index (χ0v) is 19.5. The number of thioether (sulfide) groups is 1. The van der Waals surface area contributed by atoms with Gasteiger partial charge in [-0.05, 0) is 37.0 Å². The number of benzene rings is 1. The second-order valence-electron chi connectivity index (χ2n) is 7.94. The number of rotatable bonds is 9. The topological polar surface area (TPSA) is 146 Å². The van der Waals surface area contributed by atoms with Crippen molar-refractivity contribution in [2.45, 2.75) is 49.6 Å².